The summed E-state index contributed by atoms with van der Waals surface area (Å²) in [7, 11) is 1.56. The highest BCUT2D eigenvalue weighted by atomic mass is 16.5. The first-order valence-electron chi connectivity index (χ1n) is 6.23. The highest BCUT2D eigenvalue weighted by Crippen LogP contribution is 2.23. The van der Waals surface area contributed by atoms with Gasteiger partial charge in [0.1, 0.15) is 5.75 Å². The van der Waals surface area contributed by atoms with Gasteiger partial charge in [0.2, 0.25) is 0 Å². The summed E-state index contributed by atoms with van der Waals surface area (Å²) in [4.78, 5) is 11.9. The van der Waals surface area contributed by atoms with Crippen LogP contribution in [0.4, 0.5) is 16.2 Å². The Bertz CT molecular complexity index is 599. The fraction of sp³-hybridized carbons (Fsp3) is 0.133. The molecule has 0 aliphatic carbocycles. The van der Waals surface area contributed by atoms with E-state index >= 15 is 0 Å². The second-order valence-electron chi connectivity index (χ2n) is 4.18. The van der Waals surface area contributed by atoms with Crippen LogP contribution in [0.15, 0.2) is 48.5 Å². The molecule has 2 rings (SSSR count). The van der Waals surface area contributed by atoms with E-state index in [1.54, 1.807) is 25.3 Å². The maximum absolute atomic E-state index is 11.9. The van der Waals surface area contributed by atoms with Crippen LogP contribution < -0.4 is 21.1 Å². The lowest BCUT2D eigenvalue weighted by Crippen LogP contribution is -2.19. The van der Waals surface area contributed by atoms with Crippen LogP contribution >= 0.6 is 0 Å². The van der Waals surface area contributed by atoms with Crippen molar-refractivity contribution in [2.75, 3.05) is 17.7 Å². The summed E-state index contributed by atoms with van der Waals surface area (Å²) in [6.07, 6.45) is 0. The lowest BCUT2D eigenvalue weighted by Gasteiger charge is -2.11. The zero-order valence-electron chi connectivity index (χ0n) is 11.2. The molecule has 0 atom stereocenters. The standard InChI is InChI=1S/C15H17N3O2/c1-20-14-8-3-2-7-13(14)18-15(19)17-12-6-4-5-11(9-12)10-16/h2-9H,10,16H2,1H3,(H2,17,18,19). The molecule has 0 aromatic heterocycles. The van der Waals surface area contributed by atoms with Crippen LogP contribution in [0.25, 0.3) is 0 Å². The number of nitrogens with two attached hydrogens (primary N) is 1. The molecule has 0 saturated heterocycles. The number of carbonyl (C=O) groups is 1. The first-order chi connectivity index (χ1) is 9.72. The molecular formula is C15H17N3O2. The Labute approximate surface area is 117 Å². The molecule has 2 amide bonds. The summed E-state index contributed by atoms with van der Waals surface area (Å²) in [5.41, 5.74) is 7.83. The molecule has 0 unspecified atom stereocenters. The van der Waals surface area contributed by atoms with Crippen molar-refractivity contribution in [3.63, 3.8) is 0 Å². The summed E-state index contributed by atoms with van der Waals surface area (Å²) in [5.74, 6) is 0.610. The molecular weight excluding hydrogens is 254 g/mol. The molecule has 2 aromatic rings. The van der Waals surface area contributed by atoms with Crippen LogP contribution in [0.3, 0.4) is 0 Å². The molecule has 5 heteroatoms. The van der Waals surface area contributed by atoms with E-state index in [-0.39, 0.29) is 6.03 Å². The summed E-state index contributed by atoms with van der Waals surface area (Å²) >= 11 is 0. The molecule has 5 nitrogen and oxygen atoms in total. The number of nitrogens with one attached hydrogen (secondary N) is 2. The molecule has 4 N–H and O–H groups in total. The highest BCUT2D eigenvalue weighted by molar-refractivity contribution is 6.00. The van der Waals surface area contributed by atoms with Gasteiger partial charge in [-0.15, -0.1) is 0 Å². The van der Waals surface area contributed by atoms with E-state index in [1.807, 2.05) is 30.3 Å². The van der Waals surface area contributed by atoms with Gasteiger partial charge in [-0.3, -0.25) is 0 Å². The second kappa shape index (κ2) is 6.58. The number of urea groups is 1. The van der Waals surface area contributed by atoms with Gasteiger partial charge in [0.25, 0.3) is 0 Å². The van der Waals surface area contributed by atoms with Gasteiger partial charge in [0.05, 0.1) is 12.8 Å². The lowest BCUT2D eigenvalue weighted by molar-refractivity contribution is 0.262. The number of anilines is 2. The highest BCUT2D eigenvalue weighted by Gasteiger charge is 2.06. The van der Waals surface area contributed by atoms with Crippen molar-refractivity contribution in [1.82, 2.24) is 0 Å². The van der Waals surface area contributed by atoms with E-state index in [4.69, 9.17) is 10.5 Å². The largest absolute Gasteiger partial charge is 0.495 e. The number of para-hydroxylation sites is 2. The van der Waals surface area contributed by atoms with Gasteiger partial charge in [-0.05, 0) is 29.8 Å². The molecule has 0 saturated carbocycles. The summed E-state index contributed by atoms with van der Waals surface area (Å²) in [6, 6.07) is 14.3. The fourth-order valence-electron chi connectivity index (χ4n) is 1.81. The zero-order valence-corrected chi connectivity index (χ0v) is 11.2. The molecule has 20 heavy (non-hydrogen) atoms. The molecule has 0 aliphatic heterocycles. The Morgan fingerprint density at radius 2 is 1.95 bits per heavy atom. The smallest absolute Gasteiger partial charge is 0.323 e. The lowest BCUT2D eigenvalue weighted by atomic mass is 10.2. The number of benzene rings is 2. The van der Waals surface area contributed by atoms with Gasteiger partial charge in [0.15, 0.2) is 0 Å². The minimum absolute atomic E-state index is 0.330. The monoisotopic (exact) mass is 271 g/mol. The Kier molecular flexibility index (Phi) is 4.57. The number of ether oxygens (including phenoxy) is 1. The zero-order chi connectivity index (χ0) is 14.4. The molecule has 104 valence electrons. The van der Waals surface area contributed by atoms with Crippen molar-refractivity contribution in [2.45, 2.75) is 6.54 Å². The van der Waals surface area contributed by atoms with Gasteiger partial charge >= 0.3 is 6.03 Å². The summed E-state index contributed by atoms with van der Waals surface area (Å²) < 4.78 is 5.17. The molecule has 0 fully saturated rings. The predicted molar refractivity (Wildman–Crippen MR) is 80.0 cm³/mol. The molecule has 0 radical (unpaired) electrons. The number of hydrogen-bond acceptors (Lipinski definition) is 3. The third kappa shape index (κ3) is 3.49. The molecule has 0 heterocycles. The number of hydrogen-bond donors (Lipinski definition) is 3. The van der Waals surface area contributed by atoms with Crippen LogP contribution in [0.2, 0.25) is 0 Å². The molecule has 2 aromatic carbocycles. The maximum Gasteiger partial charge on any atom is 0.323 e. The Morgan fingerprint density at radius 3 is 2.70 bits per heavy atom. The average molecular weight is 271 g/mol. The molecule has 0 spiro atoms. The first kappa shape index (κ1) is 13.9. The van der Waals surface area contributed by atoms with E-state index in [1.165, 1.54) is 0 Å². The fourth-order valence-corrected chi connectivity index (χ4v) is 1.81. The van der Waals surface area contributed by atoms with E-state index in [0.717, 1.165) is 5.56 Å². The van der Waals surface area contributed by atoms with Gasteiger partial charge in [-0.1, -0.05) is 24.3 Å². The SMILES string of the molecule is COc1ccccc1NC(=O)Nc1cccc(CN)c1. The third-order valence-corrected chi connectivity index (χ3v) is 2.78. The normalized spacial score (nSPS) is 9.90. The maximum atomic E-state index is 11.9. The van der Waals surface area contributed by atoms with Crippen molar-refractivity contribution in [1.29, 1.82) is 0 Å². The van der Waals surface area contributed by atoms with Crippen molar-refractivity contribution >= 4 is 17.4 Å². The van der Waals surface area contributed by atoms with Crippen molar-refractivity contribution in [3.05, 3.63) is 54.1 Å². The van der Waals surface area contributed by atoms with E-state index in [9.17, 15) is 4.79 Å². The van der Waals surface area contributed by atoms with Gasteiger partial charge < -0.3 is 21.1 Å². The number of rotatable bonds is 4. The Morgan fingerprint density at radius 1 is 1.15 bits per heavy atom. The quantitative estimate of drug-likeness (QED) is 0.800. The minimum Gasteiger partial charge on any atom is -0.495 e. The van der Waals surface area contributed by atoms with E-state index < -0.39 is 0 Å². The predicted octanol–water partition coefficient (Wildman–Crippen LogP) is 2.80. The van der Waals surface area contributed by atoms with Crippen LogP contribution in [-0.4, -0.2) is 13.1 Å². The van der Waals surface area contributed by atoms with Crippen molar-refractivity contribution < 1.29 is 9.53 Å². The van der Waals surface area contributed by atoms with Gasteiger partial charge in [0, 0.05) is 12.2 Å². The van der Waals surface area contributed by atoms with E-state index in [0.29, 0.717) is 23.7 Å². The Balaban J connectivity index is 2.05. The van der Waals surface area contributed by atoms with Gasteiger partial charge in [-0.2, -0.15) is 0 Å². The minimum atomic E-state index is -0.330. The van der Waals surface area contributed by atoms with Crippen LogP contribution in [-0.2, 0) is 6.54 Å². The number of methoxy groups -OCH3 is 1. The number of amides is 2. The van der Waals surface area contributed by atoms with Crippen LogP contribution in [0.1, 0.15) is 5.56 Å². The summed E-state index contributed by atoms with van der Waals surface area (Å²) in [6.45, 7) is 0.434. The third-order valence-electron chi connectivity index (χ3n) is 2.78. The summed E-state index contributed by atoms with van der Waals surface area (Å²) in [5, 5.41) is 5.50. The van der Waals surface area contributed by atoms with Crippen molar-refractivity contribution in [3.8, 4) is 5.75 Å². The molecule has 0 aliphatic rings. The second-order valence-corrected chi connectivity index (χ2v) is 4.18. The van der Waals surface area contributed by atoms with Crippen LogP contribution in [0, 0.1) is 0 Å². The first-order valence-corrected chi connectivity index (χ1v) is 6.23. The topological polar surface area (TPSA) is 76.4 Å². The number of carbonyl (C=O) groups excluding carboxylic acids is 1. The van der Waals surface area contributed by atoms with Gasteiger partial charge in [-0.25, -0.2) is 4.79 Å². The van der Waals surface area contributed by atoms with Crippen LogP contribution in [0.5, 0.6) is 5.75 Å². The average Bonchev–Trinajstić information content (AvgIpc) is 2.48. The van der Waals surface area contributed by atoms with E-state index in [2.05, 4.69) is 10.6 Å². The van der Waals surface area contributed by atoms with Crippen molar-refractivity contribution in [2.24, 2.45) is 5.73 Å². The molecule has 0 bridgehead atoms. The Hall–Kier alpha value is -2.53.